The quantitative estimate of drug-likeness (QED) is 0.705. The minimum Gasteiger partial charge on any atom is -0.298 e. The molecule has 0 saturated heterocycles. The van der Waals surface area contributed by atoms with E-state index in [1.807, 2.05) is 13.0 Å². The van der Waals surface area contributed by atoms with E-state index in [9.17, 15) is 13.4 Å². The number of hydrogen-bond donors (Lipinski definition) is 1. The highest BCUT2D eigenvalue weighted by atomic mass is 32.2. The lowest BCUT2D eigenvalue weighted by Gasteiger charge is -2.04. The monoisotopic (exact) mass is 388 g/mol. The van der Waals surface area contributed by atoms with Gasteiger partial charge in [-0.25, -0.2) is 9.37 Å². The molecule has 4 nitrogen and oxygen atoms in total. The molecular weight excluding hydrogens is 371 g/mol. The van der Waals surface area contributed by atoms with Gasteiger partial charge in [0.25, 0.3) is 5.91 Å². The molecule has 0 aliphatic carbocycles. The molecule has 1 unspecified atom stereocenters. The van der Waals surface area contributed by atoms with Crippen LogP contribution in [0.3, 0.4) is 0 Å². The average molecular weight is 388 g/mol. The van der Waals surface area contributed by atoms with Crippen molar-refractivity contribution in [3.8, 4) is 11.3 Å². The normalized spacial score (nSPS) is 12.0. The van der Waals surface area contributed by atoms with E-state index in [0.717, 1.165) is 21.7 Å². The maximum Gasteiger partial charge on any atom is 0.257 e. The summed E-state index contributed by atoms with van der Waals surface area (Å²) in [5.74, 6) is -0.164. The number of carbonyl (C=O) groups is 1. The first-order chi connectivity index (χ1) is 12.4. The predicted molar refractivity (Wildman–Crippen MR) is 104 cm³/mol. The summed E-state index contributed by atoms with van der Waals surface area (Å²) in [7, 11) is -0.967. The second-order valence-corrected chi connectivity index (χ2v) is 8.44. The molecule has 26 heavy (non-hydrogen) atoms. The first kappa shape index (κ1) is 18.4. The molecule has 1 aromatic heterocycles. The molecule has 3 aromatic rings. The topological polar surface area (TPSA) is 59.1 Å². The fraction of sp³-hybridized carbons (Fsp3) is 0.158. The van der Waals surface area contributed by atoms with E-state index in [-0.39, 0.29) is 11.7 Å². The van der Waals surface area contributed by atoms with Gasteiger partial charge >= 0.3 is 0 Å². The van der Waals surface area contributed by atoms with E-state index in [1.165, 1.54) is 23.5 Å². The van der Waals surface area contributed by atoms with Crippen LogP contribution in [0.15, 0.2) is 48.5 Å². The summed E-state index contributed by atoms with van der Waals surface area (Å²) < 4.78 is 24.4. The summed E-state index contributed by atoms with van der Waals surface area (Å²) in [5, 5.41) is 3.28. The highest BCUT2D eigenvalue weighted by molar-refractivity contribution is 7.83. The van der Waals surface area contributed by atoms with Gasteiger partial charge in [-0.3, -0.25) is 14.3 Å². The molecule has 0 radical (unpaired) electrons. The molecule has 1 heterocycles. The fourth-order valence-corrected chi connectivity index (χ4v) is 4.01. The van der Waals surface area contributed by atoms with Crippen molar-refractivity contribution in [1.29, 1.82) is 0 Å². The van der Waals surface area contributed by atoms with Gasteiger partial charge in [0.05, 0.1) is 5.69 Å². The van der Waals surface area contributed by atoms with Crippen molar-refractivity contribution in [2.45, 2.75) is 12.7 Å². The second-order valence-electron chi connectivity index (χ2n) is 5.80. The third kappa shape index (κ3) is 4.42. The van der Waals surface area contributed by atoms with Crippen LogP contribution in [0.2, 0.25) is 0 Å². The Labute approximate surface area is 157 Å². The standard InChI is InChI=1S/C19H17FN2O2S2/c1-12-17(14-6-8-16(20)9-7-14)21-19(25-12)22-18(23)15-5-3-4-13(10-15)11-26(2)24/h3-10H,11H2,1-2H3,(H,21,22,23). The van der Waals surface area contributed by atoms with Crippen LogP contribution < -0.4 is 5.32 Å². The zero-order valence-electron chi connectivity index (χ0n) is 14.3. The third-order valence-electron chi connectivity index (χ3n) is 3.69. The number of carbonyl (C=O) groups excluding carboxylic acids is 1. The molecule has 134 valence electrons. The van der Waals surface area contributed by atoms with Gasteiger partial charge in [-0.1, -0.05) is 12.1 Å². The van der Waals surface area contributed by atoms with Gasteiger partial charge in [0.2, 0.25) is 0 Å². The zero-order chi connectivity index (χ0) is 18.7. The van der Waals surface area contributed by atoms with E-state index < -0.39 is 10.8 Å². The maximum absolute atomic E-state index is 13.1. The van der Waals surface area contributed by atoms with Gasteiger partial charge in [0.1, 0.15) is 5.82 Å². The van der Waals surface area contributed by atoms with Crippen molar-refractivity contribution in [3.63, 3.8) is 0 Å². The van der Waals surface area contributed by atoms with Gasteiger partial charge in [-0.2, -0.15) is 0 Å². The van der Waals surface area contributed by atoms with Crippen molar-refractivity contribution in [2.75, 3.05) is 11.6 Å². The number of thiazole rings is 1. The van der Waals surface area contributed by atoms with Crippen molar-refractivity contribution in [1.82, 2.24) is 4.98 Å². The number of aromatic nitrogens is 1. The average Bonchev–Trinajstić information content (AvgIpc) is 2.95. The van der Waals surface area contributed by atoms with Gasteiger partial charge in [0.15, 0.2) is 5.13 Å². The fourth-order valence-electron chi connectivity index (χ4n) is 2.53. The Morgan fingerprint density at radius 1 is 1.23 bits per heavy atom. The lowest BCUT2D eigenvalue weighted by Crippen LogP contribution is -2.12. The van der Waals surface area contributed by atoms with Crippen LogP contribution in [0.25, 0.3) is 11.3 Å². The molecule has 0 bridgehead atoms. The van der Waals surface area contributed by atoms with Gasteiger partial charge < -0.3 is 0 Å². The van der Waals surface area contributed by atoms with Crippen LogP contribution in [0, 0.1) is 12.7 Å². The Bertz CT molecular complexity index is 968. The molecule has 1 atom stereocenters. The van der Waals surface area contributed by atoms with E-state index in [0.29, 0.717) is 16.4 Å². The highest BCUT2D eigenvalue weighted by Crippen LogP contribution is 2.30. The summed E-state index contributed by atoms with van der Waals surface area (Å²) in [6, 6.07) is 13.2. The van der Waals surface area contributed by atoms with Crippen LogP contribution in [0.1, 0.15) is 20.8 Å². The number of anilines is 1. The number of benzene rings is 2. The van der Waals surface area contributed by atoms with Crippen LogP contribution in [0.5, 0.6) is 0 Å². The van der Waals surface area contributed by atoms with Crippen LogP contribution in [-0.2, 0) is 16.6 Å². The first-order valence-electron chi connectivity index (χ1n) is 7.86. The number of nitrogens with zero attached hydrogens (tertiary/aromatic N) is 1. The van der Waals surface area contributed by atoms with E-state index in [2.05, 4.69) is 10.3 Å². The predicted octanol–water partition coefficient (Wildman–Crippen LogP) is 4.39. The van der Waals surface area contributed by atoms with Gasteiger partial charge in [-0.15, -0.1) is 11.3 Å². The van der Waals surface area contributed by atoms with E-state index in [1.54, 1.807) is 36.6 Å². The van der Waals surface area contributed by atoms with E-state index in [4.69, 9.17) is 0 Å². The molecule has 0 fully saturated rings. The second kappa shape index (κ2) is 7.88. The lowest BCUT2D eigenvalue weighted by atomic mass is 10.1. The number of aryl methyl sites for hydroxylation is 1. The van der Waals surface area contributed by atoms with Crippen molar-refractivity contribution < 1.29 is 13.4 Å². The summed E-state index contributed by atoms with van der Waals surface area (Å²) >= 11 is 1.37. The molecule has 7 heteroatoms. The number of amides is 1. The summed E-state index contributed by atoms with van der Waals surface area (Å²) in [4.78, 5) is 17.9. The number of hydrogen-bond acceptors (Lipinski definition) is 4. The molecule has 1 N–H and O–H groups in total. The molecule has 0 spiro atoms. The Hall–Kier alpha value is -2.38. The molecule has 1 amide bonds. The zero-order valence-corrected chi connectivity index (χ0v) is 15.9. The third-order valence-corrected chi connectivity index (χ3v) is 5.32. The minimum absolute atomic E-state index is 0.270. The molecule has 0 saturated carbocycles. The first-order valence-corrected chi connectivity index (χ1v) is 10.4. The van der Waals surface area contributed by atoms with Crippen LogP contribution >= 0.6 is 11.3 Å². The Morgan fingerprint density at radius 2 is 1.96 bits per heavy atom. The number of nitrogens with one attached hydrogen (secondary N) is 1. The van der Waals surface area contributed by atoms with Crippen molar-refractivity contribution in [2.24, 2.45) is 0 Å². The van der Waals surface area contributed by atoms with Crippen molar-refractivity contribution in [3.05, 3.63) is 70.4 Å². The lowest BCUT2D eigenvalue weighted by molar-refractivity contribution is 0.102. The summed E-state index contributed by atoms with van der Waals surface area (Å²) in [6.07, 6.45) is 1.63. The van der Waals surface area contributed by atoms with Crippen molar-refractivity contribution >= 4 is 33.2 Å². The highest BCUT2D eigenvalue weighted by Gasteiger charge is 2.14. The van der Waals surface area contributed by atoms with E-state index >= 15 is 0 Å². The Morgan fingerprint density at radius 3 is 2.65 bits per heavy atom. The number of halogens is 1. The smallest absolute Gasteiger partial charge is 0.257 e. The molecule has 0 aliphatic heterocycles. The minimum atomic E-state index is -0.967. The maximum atomic E-state index is 13.1. The SMILES string of the molecule is Cc1sc(NC(=O)c2cccc(CS(C)=O)c2)nc1-c1ccc(F)cc1. The number of rotatable bonds is 5. The molecule has 3 rings (SSSR count). The summed E-state index contributed by atoms with van der Waals surface area (Å²) in [5.41, 5.74) is 2.86. The Kier molecular flexibility index (Phi) is 5.58. The molecule has 2 aromatic carbocycles. The van der Waals surface area contributed by atoms with Gasteiger partial charge in [-0.05, 0) is 48.9 Å². The largest absolute Gasteiger partial charge is 0.298 e. The van der Waals surface area contributed by atoms with Gasteiger partial charge in [0, 0.05) is 38.8 Å². The molecule has 0 aliphatic rings. The van der Waals surface area contributed by atoms with Crippen LogP contribution in [-0.4, -0.2) is 21.4 Å². The molecular formula is C19H17FN2O2S2. The Balaban J connectivity index is 1.79. The van der Waals surface area contributed by atoms with Crippen LogP contribution in [0.4, 0.5) is 9.52 Å². The summed E-state index contributed by atoms with van der Waals surface area (Å²) in [6.45, 7) is 1.91.